The van der Waals surface area contributed by atoms with Crippen LogP contribution < -0.4 is 9.92 Å². The van der Waals surface area contributed by atoms with E-state index >= 15 is 0 Å². The van der Waals surface area contributed by atoms with Gasteiger partial charge in [0, 0.05) is 13.7 Å². The molecule has 1 aromatic carbocycles. The Bertz CT molecular complexity index is 292. The van der Waals surface area contributed by atoms with Gasteiger partial charge in [-0.15, -0.1) is 0 Å². The predicted molar refractivity (Wildman–Crippen MR) is 51.8 cm³/mol. The van der Waals surface area contributed by atoms with E-state index in [1.807, 2.05) is 13.8 Å². The van der Waals surface area contributed by atoms with Crippen molar-refractivity contribution >= 4 is 15.2 Å². The number of benzene rings is 1. The first kappa shape index (κ1) is 4.98. The minimum atomic E-state index is -3.40. The van der Waals surface area contributed by atoms with E-state index < -0.39 is 10.0 Å². The van der Waals surface area contributed by atoms with Crippen molar-refractivity contribution in [1.29, 1.82) is 3.70 Å². The molecule has 0 N–H and O–H groups in total. The standard InChI is InChI=1S/C9H14OSi/c1-7(2)10-8-3-5-9(11)6-4-8/h3-7H,1-2,11H3/i11T3. The smallest absolute Gasteiger partial charge is 0.119 e. The maximum Gasteiger partial charge on any atom is 0.119 e. The van der Waals surface area contributed by atoms with Crippen molar-refractivity contribution in [1.82, 2.24) is 0 Å². The third-order valence-corrected chi connectivity index (χ3v) is 1.56. The zero-order chi connectivity index (χ0) is 10.8. The van der Waals surface area contributed by atoms with E-state index in [4.69, 9.17) is 8.44 Å². The van der Waals surface area contributed by atoms with Crippen molar-refractivity contribution in [3.63, 3.8) is 0 Å². The van der Waals surface area contributed by atoms with Gasteiger partial charge in [0.2, 0.25) is 0 Å². The lowest BCUT2D eigenvalue weighted by Crippen LogP contribution is -2.07. The molecule has 0 saturated heterocycles. The fourth-order valence-corrected chi connectivity index (χ4v) is 0.972. The van der Waals surface area contributed by atoms with Gasteiger partial charge >= 0.3 is 0 Å². The van der Waals surface area contributed by atoms with Gasteiger partial charge in [-0.05, 0) is 26.0 Å². The molecule has 1 nitrogen and oxygen atoms in total. The second kappa shape index (κ2) is 3.58. The van der Waals surface area contributed by atoms with Gasteiger partial charge < -0.3 is 4.74 Å². The summed E-state index contributed by atoms with van der Waals surface area (Å²) in [5.74, 6) is 0.724. The van der Waals surface area contributed by atoms with Gasteiger partial charge in [-0.1, -0.05) is 17.3 Å². The SMILES string of the molecule is [3H][Si]([3H])([3H])c1ccc(OC(C)C)cc1. The van der Waals surface area contributed by atoms with Gasteiger partial charge in [-0.3, -0.25) is 0 Å². The van der Waals surface area contributed by atoms with Crippen molar-refractivity contribution in [2.24, 2.45) is 0 Å². The minimum absolute atomic E-state index is 0.117. The molecule has 0 radical (unpaired) electrons. The summed E-state index contributed by atoms with van der Waals surface area (Å²) in [5.41, 5.74) is 0. The Morgan fingerprint density at radius 1 is 1.36 bits per heavy atom. The quantitative estimate of drug-likeness (QED) is 0.602. The number of rotatable bonds is 3. The van der Waals surface area contributed by atoms with Gasteiger partial charge in [-0.25, -0.2) is 0 Å². The molecule has 0 saturated carbocycles. The molecule has 0 heterocycles. The Morgan fingerprint density at radius 2 is 2.00 bits per heavy atom. The largest absolute Gasteiger partial charge is 0.491 e. The topological polar surface area (TPSA) is 9.23 Å². The van der Waals surface area contributed by atoms with Crippen molar-refractivity contribution in [3.8, 4) is 5.75 Å². The summed E-state index contributed by atoms with van der Waals surface area (Å²) in [7, 11) is -3.40. The van der Waals surface area contributed by atoms with E-state index in [-0.39, 0.29) is 6.10 Å². The van der Waals surface area contributed by atoms with E-state index in [0.717, 1.165) is 5.75 Å². The van der Waals surface area contributed by atoms with Crippen LogP contribution in [-0.4, -0.2) is 19.8 Å². The predicted octanol–water partition coefficient (Wildman–Crippen LogP) is 0.464. The summed E-state index contributed by atoms with van der Waals surface area (Å²) in [6.45, 7) is 3.87. The highest BCUT2D eigenvalue weighted by molar-refractivity contribution is 6.32. The van der Waals surface area contributed by atoms with Crippen molar-refractivity contribution in [2.75, 3.05) is 0 Å². The third kappa shape index (κ3) is 2.76. The van der Waals surface area contributed by atoms with Crippen molar-refractivity contribution in [2.45, 2.75) is 20.0 Å². The van der Waals surface area contributed by atoms with Gasteiger partial charge in [0.05, 0.1) is 6.10 Å². The second-order valence-electron chi connectivity index (χ2n) is 2.69. The van der Waals surface area contributed by atoms with Crippen LogP contribution >= 0.6 is 0 Å². The van der Waals surface area contributed by atoms with Gasteiger partial charge in [-0.2, -0.15) is 0 Å². The van der Waals surface area contributed by atoms with Crippen LogP contribution in [0.1, 0.15) is 13.8 Å². The maximum absolute atomic E-state index is 7.32. The second-order valence-corrected chi connectivity index (χ2v) is 3.27. The molecule has 0 aliphatic rings. The van der Waals surface area contributed by atoms with Crippen LogP contribution in [0.5, 0.6) is 5.75 Å². The maximum atomic E-state index is 7.32. The average molecular weight is 172 g/mol. The first-order chi connectivity index (χ1) is 6.39. The molecule has 1 rings (SSSR count). The zero-order valence-electron chi connectivity index (χ0n) is 9.79. The molecule has 1 aromatic rings. The third-order valence-electron chi connectivity index (χ3n) is 1.23. The minimum Gasteiger partial charge on any atom is -0.491 e. The number of ether oxygens (including phenoxy) is 1. The molecule has 0 atom stereocenters. The average Bonchev–Trinajstić information content (AvgIpc) is 2.02. The highest BCUT2D eigenvalue weighted by atomic mass is 28.1. The van der Waals surface area contributed by atoms with Gasteiger partial charge in [0.1, 0.15) is 5.75 Å². The molecule has 0 unspecified atom stereocenters. The summed E-state index contributed by atoms with van der Waals surface area (Å²) in [6.07, 6.45) is 0.117. The summed E-state index contributed by atoms with van der Waals surface area (Å²) in [5, 5.41) is 0.480. The monoisotopic (exact) mass is 172 g/mol. The number of hydrogen-bond acceptors (Lipinski definition) is 1. The van der Waals surface area contributed by atoms with E-state index in [1.165, 1.54) is 0 Å². The van der Waals surface area contributed by atoms with E-state index in [9.17, 15) is 0 Å². The summed E-state index contributed by atoms with van der Waals surface area (Å²) >= 11 is 0. The molecule has 2 heteroatoms. The van der Waals surface area contributed by atoms with Crippen LogP contribution in [0, 0.1) is 0 Å². The lowest BCUT2D eigenvalue weighted by molar-refractivity contribution is 0.242. The highest BCUT2D eigenvalue weighted by Gasteiger charge is 1.94. The Hall–Kier alpha value is -0.763. The zero-order valence-corrected chi connectivity index (χ0v) is 7.79. The van der Waals surface area contributed by atoms with Crippen LogP contribution in [-0.2, 0) is 0 Å². The van der Waals surface area contributed by atoms with Gasteiger partial charge in [0.25, 0.3) is 0 Å². The molecule has 0 fully saturated rings. The van der Waals surface area contributed by atoms with E-state index in [2.05, 4.69) is 0 Å². The molecule has 11 heavy (non-hydrogen) atoms. The molecule has 0 aliphatic carbocycles. The van der Waals surface area contributed by atoms with Crippen LogP contribution in [0.3, 0.4) is 0 Å². The molecule has 0 aliphatic heterocycles. The fraction of sp³-hybridized carbons (Fsp3) is 0.333. The van der Waals surface area contributed by atoms with Crippen LogP contribution in [0.15, 0.2) is 24.3 Å². The Balaban J connectivity index is 2.79. The first-order valence-electron chi connectivity index (χ1n) is 5.17. The van der Waals surface area contributed by atoms with Crippen molar-refractivity contribution in [3.05, 3.63) is 24.3 Å². The summed E-state index contributed by atoms with van der Waals surface area (Å²) in [6, 6.07) is 6.71. The molecule has 0 spiro atoms. The van der Waals surface area contributed by atoms with Crippen molar-refractivity contribution < 1.29 is 4.74 Å². The Morgan fingerprint density at radius 3 is 2.45 bits per heavy atom. The summed E-state index contributed by atoms with van der Waals surface area (Å²) < 4.78 is 27.4. The lowest BCUT2D eigenvalue weighted by Gasteiger charge is -2.08. The summed E-state index contributed by atoms with van der Waals surface area (Å²) in [4.78, 5) is 0. The molecule has 0 bridgehead atoms. The Kier molecular flexibility index (Phi) is 1.62. The normalized spacial score (nSPS) is 15.4. The fourth-order valence-electron chi connectivity index (χ4n) is 0.806. The molecule has 0 amide bonds. The van der Waals surface area contributed by atoms with Crippen LogP contribution in [0.4, 0.5) is 0 Å². The van der Waals surface area contributed by atoms with Crippen LogP contribution in [0.2, 0.25) is 0 Å². The molecular weight excluding hydrogens is 152 g/mol. The first-order valence-corrected chi connectivity index (χ1v) is 4.17. The molecule has 0 aromatic heterocycles. The highest BCUT2D eigenvalue weighted by Crippen LogP contribution is 2.08. The number of hydrogen-bond donors (Lipinski definition) is 0. The molecule has 60 valence electrons. The van der Waals surface area contributed by atoms with E-state index in [0.29, 0.717) is 5.19 Å². The van der Waals surface area contributed by atoms with E-state index in [1.54, 1.807) is 24.3 Å². The van der Waals surface area contributed by atoms with Gasteiger partial charge in [0.15, 0.2) is 0 Å². The van der Waals surface area contributed by atoms with Crippen LogP contribution in [0.25, 0.3) is 0 Å². The molecular formula is C9H14OSi. The Labute approximate surface area is 74.5 Å². The lowest BCUT2D eigenvalue weighted by atomic mass is 10.3.